The van der Waals surface area contributed by atoms with Crippen molar-refractivity contribution in [1.29, 1.82) is 0 Å². The molecular weight excluding hydrogens is 262 g/mol. The highest BCUT2D eigenvalue weighted by Crippen LogP contribution is 1.92. The molecule has 6 nitrogen and oxygen atoms in total. The topological polar surface area (TPSA) is 84.6 Å². The number of pyridine rings is 1. The largest absolute Gasteiger partial charge is 0.383 e. The van der Waals surface area contributed by atoms with Gasteiger partial charge in [-0.2, -0.15) is 0 Å². The number of nitrogens with two attached hydrogens (primary N) is 1. The second kappa shape index (κ2) is 9.23. The van der Waals surface area contributed by atoms with Crippen LogP contribution in [0.25, 0.3) is 0 Å². The van der Waals surface area contributed by atoms with Crippen LogP contribution in [0.2, 0.25) is 0 Å². The minimum absolute atomic E-state index is 0.285. The molecule has 1 rings (SSSR count). The van der Waals surface area contributed by atoms with E-state index in [0.717, 1.165) is 12.1 Å². The summed E-state index contributed by atoms with van der Waals surface area (Å²) in [6, 6.07) is 5.82. The summed E-state index contributed by atoms with van der Waals surface area (Å²) in [5.41, 5.74) is 6.66. The molecule has 0 atom stereocenters. The van der Waals surface area contributed by atoms with Crippen LogP contribution < -0.4 is 16.4 Å². The van der Waals surface area contributed by atoms with Crippen molar-refractivity contribution in [3.8, 4) is 0 Å². The number of ether oxygens (including phenoxy) is 1. The van der Waals surface area contributed by atoms with Crippen molar-refractivity contribution in [1.82, 2.24) is 15.6 Å². The van der Waals surface area contributed by atoms with Gasteiger partial charge in [0.15, 0.2) is 11.1 Å². The monoisotopic (exact) mass is 281 g/mol. The van der Waals surface area contributed by atoms with Crippen molar-refractivity contribution in [2.24, 2.45) is 10.7 Å². The number of thiocarbonyl (C=S) groups is 1. The normalized spacial score (nSPS) is 11.1. The van der Waals surface area contributed by atoms with Gasteiger partial charge in [0.2, 0.25) is 0 Å². The number of aliphatic imine (C=N–C) groups is 1. The third kappa shape index (κ3) is 7.32. The maximum Gasteiger partial charge on any atom is 0.194 e. The molecule has 0 saturated heterocycles. The molecule has 1 aromatic heterocycles. The summed E-state index contributed by atoms with van der Waals surface area (Å²) in [6.07, 6.45) is 2.57. The van der Waals surface area contributed by atoms with E-state index in [1.165, 1.54) is 0 Å². The fourth-order valence-corrected chi connectivity index (χ4v) is 1.51. The summed E-state index contributed by atoms with van der Waals surface area (Å²) >= 11 is 5.09. The lowest BCUT2D eigenvalue weighted by atomic mass is 10.3. The third-order valence-corrected chi connectivity index (χ3v) is 2.46. The highest BCUT2D eigenvalue weighted by molar-refractivity contribution is 7.80. The average Bonchev–Trinajstić information content (AvgIpc) is 2.40. The molecule has 0 fully saturated rings. The van der Waals surface area contributed by atoms with Crippen molar-refractivity contribution in [2.75, 3.05) is 26.8 Å². The van der Waals surface area contributed by atoms with Crippen molar-refractivity contribution < 1.29 is 4.74 Å². The first-order valence-corrected chi connectivity index (χ1v) is 6.37. The summed E-state index contributed by atoms with van der Waals surface area (Å²) in [6.45, 7) is 1.72. The Bertz CT molecular complexity index is 410. The maximum atomic E-state index is 5.64. The fraction of sp³-hybridized carbons (Fsp3) is 0.417. The minimum Gasteiger partial charge on any atom is -0.383 e. The first kappa shape index (κ1) is 15.3. The Kier molecular flexibility index (Phi) is 7.45. The SMILES string of the molecule is COCCN=C(N)NC(=S)NCCc1ccccn1. The average molecular weight is 281 g/mol. The molecule has 4 N–H and O–H groups in total. The van der Waals surface area contributed by atoms with Crippen LogP contribution in [-0.2, 0) is 11.2 Å². The van der Waals surface area contributed by atoms with E-state index in [4.69, 9.17) is 22.7 Å². The first-order chi connectivity index (χ1) is 9.22. The van der Waals surface area contributed by atoms with Gasteiger partial charge in [0.1, 0.15) is 0 Å². The Morgan fingerprint density at radius 3 is 3.05 bits per heavy atom. The van der Waals surface area contributed by atoms with E-state index in [1.807, 2.05) is 18.2 Å². The van der Waals surface area contributed by atoms with Crippen molar-refractivity contribution in [3.63, 3.8) is 0 Å². The highest BCUT2D eigenvalue weighted by atomic mass is 32.1. The van der Waals surface area contributed by atoms with Crippen molar-refractivity contribution in [2.45, 2.75) is 6.42 Å². The Hall–Kier alpha value is -1.73. The molecule has 1 heterocycles. The number of hydrogen-bond acceptors (Lipinski definition) is 4. The Morgan fingerprint density at radius 2 is 2.37 bits per heavy atom. The molecule has 0 spiro atoms. The third-order valence-electron chi connectivity index (χ3n) is 2.21. The molecule has 0 aliphatic heterocycles. The first-order valence-electron chi connectivity index (χ1n) is 5.96. The van der Waals surface area contributed by atoms with Gasteiger partial charge in [-0.1, -0.05) is 6.07 Å². The summed E-state index contributed by atoms with van der Waals surface area (Å²) in [5, 5.41) is 6.29. The number of nitrogens with one attached hydrogen (secondary N) is 2. The second-order valence-corrected chi connectivity index (χ2v) is 4.12. The van der Waals surface area contributed by atoms with E-state index in [1.54, 1.807) is 13.3 Å². The molecule has 19 heavy (non-hydrogen) atoms. The minimum atomic E-state index is 0.285. The van der Waals surface area contributed by atoms with Gasteiger partial charge in [0.25, 0.3) is 0 Å². The molecule has 0 bridgehead atoms. The molecule has 0 aromatic carbocycles. The fourth-order valence-electron chi connectivity index (χ4n) is 1.31. The van der Waals surface area contributed by atoms with Crippen LogP contribution in [0.3, 0.4) is 0 Å². The molecule has 0 unspecified atom stereocenters. The summed E-state index contributed by atoms with van der Waals surface area (Å²) in [7, 11) is 1.61. The van der Waals surface area contributed by atoms with Gasteiger partial charge in [0.05, 0.1) is 13.2 Å². The van der Waals surface area contributed by atoms with Crippen LogP contribution >= 0.6 is 12.2 Å². The van der Waals surface area contributed by atoms with Crippen LogP contribution in [0, 0.1) is 0 Å². The number of nitrogens with zero attached hydrogens (tertiary/aromatic N) is 2. The van der Waals surface area contributed by atoms with E-state index in [2.05, 4.69) is 20.6 Å². The molecular formula is C12H19N5OS. The summed E-state index contributed by atoms with van der Waals surface area (Å²) < 4.78 is 4.87. The molecule has 0 amide bonds. The Balaban J connectivity index is 2.19. The van der Waals surface area contributed by atoms with E-state index < -0.39 is 0 Å². The van der Waals surface area contributed by atoms with Gasteiger partial charge in [-0.25, -0.2) is 0 Å². The van der Waals surface area contributed by atoms with E-state index >= 15 is 0 Å². The van der Waals surface area contributed by atoms with Crippen LogP contribution in [-0.4, -0.2) is 42.9 Å². The highest BCUT2D eigenvalue weighted by Gasteiger charge is 1.98. The molecule has 104 valence electrons. The lowest BCUT2D eigenvalue weighted by molar-refractivity contribution is 0.208. The Labute approximate surface area is 118 Å². The van der Waals surface area contributed by atoms with Gasteiger partial charge >= 0.3 is 0 Å². The number of guanidine groups is 1. The number of aromatic nitrogens is 1. The van der Waals surface area contributed by atoms with Gasteiger partial charge in [-0.15, -0.1) is 0 Å². The summed E-state index contributed by atoms with van der Waals surface area (Å²) in [4.78, 5) is 8.26. The van der Waals surface area contributed by atoms with E-state index in [9.17, 15) is 0 Å². The Morgan fingerprint density at radius 1 is 1.53 bits per heavy atom. The molecule has 0 radical (unpaired) electrons. The van der Waals surface area contributed by atoms with Crippen molar-refractivity contribution in [3.05, 3.63) is 30.1 Å². The standard InChI is InChI=1S/C12H19N5OS/c1-18-9-8-15-11(13)17-12(19)16-7-5-10-4-2-3-6-14-10/h2-4,6H,5,7-9H2,1H3,(H4,13,15,16,17,19). The molecule has 0 aliphatic rings. The van der Waals surface area contributed by atoms with Crippen LogP contribution in [0.15, 0.2) is 29.4 Å². The van der Waals surface area contributed by atoms with Gasteiger partial charge in [-0.3, -0.25) is 9.98 Å². The van der Waals surface area contributed by atoms with E-state index in [0.29, 0.717) is 24.8 Å². The lowest BCUT2D eigenvalue weighted by Gasteiger charge is -2.09. The predicted molar refractivity (Wildman–Crippen MR) is 80.0 cm³/mol. The smallest absolute Gasteiger partial charge is 0.194 e. The van der Waals surface area contributed by atoms with Crippen LogP contribution in [0.5, 0.6) is 0 Å². The predicted octanol–water partition coefficient (Wildman–Crippen LogP) is 0.0493. The van der Waals surface area contributed by atoms with Gasteiger partial charge < -0.3 is 21.1 Å². The quantitative estimate of drug-likeness (QED) is 0.296. The van der Waals surface area contributed by atoms with E-state index in [-0.39, 0.29) is 5.96 Å². The number of rotatable bonds is 6. The zero-order chi connectivity index (χ0) is 13.9. The molecule has 0 aliphatic carbocycles. The maximum absolute atomic E-state index is 5.64. The van der Waals surface area contributed by atoms with Crippen LogP contribution in [0.1, 0.15) is 5.69 Å². The van der Waals surface area contributed by atoms with Gasteiger partial charge in [-0.05, 0) is 24.4 Å². The zero-order valence-corrected chi connectivity index (χ0v) is 11.7. The number of methoxy groups -OCH3 is 1. The molecule has 7 heteroatoms. The lowest BCUT2D eigenvalue weighted by Crippen LogP contribution is -2.44. The van der Waals surface area contributed by atoms with Crippen molar-refractivity contribution >= 4 is 23.3 Å². The second-order valence-electron chi connectivity index (χ2n) is 3.71. The van der Waals surface area contributed by atoms with Crippen LogP contribution in [0.4, 0.5) is 0 Å². The zero-order valence-electron chi connectivity index (χ0n) is 10.9. The number of hydrogen-bond donors (Lipinski definition) is 3. The molecule has 1 aromatic rings. The summed E-state index contributed by atoms with van der Waals surface area (Å²) in [5.74, 6) is 0.285. The van der Waals surface area contributed by atoms with Gasteiger partial charge in [0, 0.05) is 32.0 Å². The molecule has 0 saturated carbocycles.